The lowest BCUT2D eigenvalue weighted by atomic mass is 10.2. The average Bonchev–Trinajstić information content (AvgIpc) is 2.29. The number of hydrogen-bond acceptors (Lipinski definition) is 5. The zero-order chi connectivity index (χ0) is 14.5. The predicted molar refractivity (Wildman–Crippen MR) is 81.1 cm³/mol. The summed E-state index contributed by atoms with van der Waals surface area (Å²) >= 11 is 3.49. The Hall–Kier alpha value is -0.690. The first-order chi connectivity index (χ1) is 8.87. The van der Waals surface area contributed by atoms with Crippen LogP contribution in [0.2, 0.25) is 0 Å². The van der Waals surface area contributed by atoms with Crippen LogP contribution in [0.4, 0.5) is 5.82 Å². The third-order valence-corrected chi connectivity index (χ3v) is 4.00. The van der Waals surface area contributed by atoms with Gasteiger partial charge in [0.2, 0.25) is 0 Å². The van der Waals surface area contributed by atoms with E-state index < -0.39 is 9.84 Å². The molecule has 0 aliphatic rings. The Morgan fingerprint density at radius 2 is 1.89 bits per heavy atom. The minimum Gasteiger partial charge on any atom is -0.369 e. The maximum absolute atomic E-state index is 11.4. The van der Waals surface area contributed by atoms with Crippen LogP contribution in [-0.4, -0.2) is 31.2 Å². The maximum atomic E-state index is 11.4. The third kappa shape index (κ3) is 5.44. The first-order valence-electron chi connectivity index (χ1n) is 6.34. The van der Waals surface area contributed by atoms with Gasteiger partial charge in [-0.05, 0) is 28.8 Å². The lowest BCUT2D eigenvalue weighted by molar-refractivity contribution is 0.599. The van der Waals surface area contributed by atoms with E-state index >= 15 is 0 Å². The maximum Gasteiger partial charge on any atom is 0.154 e. The van der Waals surface area contributed by atoms with E-state index in [1.165, 1.54) is 6.26 Å². The molecular weight excluding hydrogens is 330 g/mol. The SMILES string of the molecule is CCCNc1nc(CS(C)(=O)=O)nc(CCC)c1Br. The van der Waals surface area contributed by atoms with Crippen molar-refractivity contribution >= 4 is 31.6 Å². The van der Waals surface area contributed by atoms with Gasteiger partial charge in [0.15, 0.2) is 9.84 Å². The number of nitrogens with one attached hydrogen (secondary N) is 1. The number of rotatable bonds is 7. The largest absolute Gasteiger partial charge is 0.369 e. The molecule has 0 aromatic carbocycles. The molecule has 1 heterocycles. The van der Waals surface area contributed by atoms with Gasteiger partial charge in [0.05, 0.1) is 10.2 Å². The van der Waals surface area contributed by atoms with E-state index in [9.17, 15) is 8.42 Å². The summed E-state index contributed by atoms with van der Waals surface area (Å²) in [7, 11) is -3.13. The van der Waals surface area contributed by atoms with Gasteiger partial charge in [0, 0.05) is 12.8 Å². The molecule has 0 amide bonds. The number of anilines is 1. The van der Waals surface area contributed by atoms with E-state index in [0.29, 0.717) is 11.6 Å². The lowest BCUT2D eigenvalue weighted by Crippen LogP contribution is -2.12. The highest BCUT2D eigenvalue weighted by atomic mass is 79.9. The van der Waals surface area contributed by atoms with Crippen molar-refractivity contribution in [2.45, 2.75) is 38.9 Å². The fourth-order valence-electron chi connectivity index (χ4n) is 1.61. The van der Waals surface area contributed by atoms with Gasteiger partial charge < -0.3 is 5.32 Å². The highest BCUT2D eigenvalue weighted by molar-refractivity contribution is 9.10. The molecule has 0 aliphatic heterocycles. The molecular formula is C12H20BrN3O2S. The molecule has 7 heteroatoms. The average molecular weight is 350 g/mol. The Morgan fingerprint density at radius 1 is 1.21 bits per heavy atom. The van der Waals surface area contributed by atoms with Crippen LogP contribution < -0.4 is 5.32 Å². The Balaban J connectivity index is 3.14. The molecule has 1 N–H and O–H groups in total. The monoisotopic (exact) mass is 349 g/mol. The van der Waals surface area contributed by atoms with Crippen molar-refractivity contribution in [1.82, 2.24) is 9.97 Å². The minimum atomic E-state index is -3.13. The molecule has 0 saturated heterocycles. The Kier molecular flexibility index (Phi) is 6.19. The molecule has 5 nitrogen and oxygen atoms in total. The van der Waals surface area contributed by atoms with Crippen LogP contribution in [0.25, 0.3) is 0 Å². The number of sulfone groups is 1. The van der Waals surface area contributed by atoms with E-state index in [1.807, 2.05) is 0 Å². The summed E-state index contributed by atoms with van der Waals surface area (Å²) in [4.78, 5) is 8.63. The molecule has 19 heavy (non-hydrogen) atoms. The zero-order valence-corrected chi connectivity index (χ0v) is 13.9. The Bertz CT molecular complexity index is 532. The van der Waals surface area contributed by atoms with Crippen molar-refractivity contribution in [3.05, 3.63) is 16.0 Å². The first-order valence-corrected chi connectivity index (χ1v) is 9.19. The van der Waals surface area contributed by atoms with Gasteiger partial charge in [-0.1, -0.05) is 20.3 Å². The molecule has 1 aromatic heterocycles. The third-order valence-electron chi connectivity index (χ3n) is 2.39. The molecule has 0 radical (unpaired) electrons. The summed E-state index contributed by atoms with van der Waals surface area (Å²) in [6, 6.07) is 0. The molecule has 0 unspecified atom stereocenters. The van der Waals surface area contributed by atoms with Gasteiger partial charge in [0.25, 0.3) is 0 Å². The van der Waals surface area contributed by atoms with E-state index in [0.717, 1.165) is 36.0 Å². The summed E-state index contributed by atoms with van der Waals surface area (Å²) in [5, 5.41) is 3.19. The zero-order valence-electron chi connectivity index (χ0n) is 11.5. The quantitative estimate of drug-likeness (QED) is 0.818. The molecule has 1 aromatic rings. The summed E-state index contributed by atoms with van der Waals surface area (Å²) in [6.07, 6.45) is 3.90. The van der Waals surface area contributed by atoms with Gasteiger partial charge >= 0.3 is 0 Å². The molecule has 0 bridgehead atoms. The van der Waals surface area contributed by atoms with E-state index in [-0.39, 0.29) is 5.75 Å². The van der Waals surface area contributed by atoms with Gasteiger partial charge in [-0.15, -0.1) is 0 Å². The van der Waals surface area contributed by atoms with Crippen LogP contribution in [0.3, 0.4) is 0 Å². The molecule has 108 valence electrons. The van der Waals surface area contributed by atoms with Crippen molar-refractivity contribution < 1.29 is 8.42 Å². The second-order valence-corrected chi connectivity index (χ2v) is 7.43. The molecule has 0 spiro atoms. The molecule has 0 aliphatic carbocycles. The van der Waals surface area contributed by atoms with Crippen molar-refractivity contribution in [3.8, 4) is 0 Å². The normalized spacial score (nSPS) is 11.6. The first kappa shape index (κ1) is 16.4. The van der Waals surface area contributed by atoms with Crippen molar-refractivity contribution in [1.29, 1.82) is 0 Å². The summed E-state index contributed by atoms with van der Waals surface area (Å²) in [5.41, 5.74) is 0.856. The number of nitrogens with zero attached hydrogens (tertiary/aromatic N) is 2. The number of halogens is 1. The van der Waals surface area contributed by atoms with Crippen LogP contribution in [0.15, 0.2) is 4.47 Å². The van der Waals surface area contributed by atoms with E-state index in [2.05, 4.69) is 45.1 Å². The second-order valence-electron chi connectivity index (χ2n) is 4.50. The summed E-state index contributed by atoms with van der Waals surface area (Å²) in [5.74, 6) is 0.907. The standard InChI is InChI=1S/C12H20BrN3O2S/c1-4-6-9-11(13)12(14-7-5-2)16-10(15-9)8-19(3,17)18/h4-8H2,1-3H3,(H,14,15,16). The molecule has 0 fully saturated rings. The molecule has 1 rings (SSSR count). The highest BCUT2D eigenvalue weighted by Gasteiger charge is 2.14. The van der Waals surface area contributed by atoms with Crippen LogP contribution in [0.1, 0.15) is 38.2 Å². The van der Waals surface area contributed by atoms with Gasteiger partial charge in [-0.25, -0.2) is 18.4 Å². The van der Waals surface area contributed by atoms with Gasteiger partial charge in [-0.3, -0.25) is 0 Å². The number of aryl methyl sites for hydroxylation is 1. The topological polar surface area (TPSA) is 72.0 Å². The van der Waals surface area contributed by atoms with Crippen molar-refractivity contribution in [2.24, 2.45) is 0 Å². The predicted octanol–water partition coefficient (Wildman–Crippen LogP) is 2.56. The summed E-state index contributed by atoms with van der Waals surface area (Å²) in [6.45, 7) is 4.91. The lowest BCUT2D eigenvalue weighted by Gasteiger charge is -2.12. The number of hydrogen-bond donors (Lipinski definition) is 1. The molecule has 0 atom stereocenters. The minimum absolute atomic E-state index is 0.127. The van der Waals surface area contributed by atoms with E-state index in [4.69, 9.17) is 0 Å². The van der Waals surface area contributed by atoms with Crippen LogP contribution in [0, 0.1) is 0 Å². The van der Waals surface area contributed by atoms with Crippen molar-refractivity contribution in [2.75, 3.05) is 18.1 Å². The second kappa shape index (κ2) is 7.19. The Labute approximate surface area is 123 Å². The Morgan fingerprint density at radius 3 is 2.42 bits per heavy atom. The van der Waals surface area contributed by atoms with Crippen LogP contribution >= 0.6 is 15.9 Å². The smallest absolute Gasteiger partial charge is 0.154 e. The number of aromatic nitrogens is 2. The van der Waals surface area contributed by atoms with Crippen LogP contribution in [-0.2, 0) is 22.0 Å². The fourth-order valence-corrected chi connectivity index (χ4v) is 2.72. The molecule has 0 saturated carbocycles. The fraction of sp³-hybridized carbons (Fsp3) is 0.667. The van der Waals surface area contributed by atoms with E-state index in [1.54, 1.807) is 0 Å². The van der Waals surface area contributed by atoms with Gasteiger partial charge in [0.1, 0.15) is 17.4 Å². The van der Waals surface area contributed by atoms with Gasteiger partial charge in [-0.2, -0.15) is 0 Å². The van der Waals surface area contributed by atoms with Crippen molar-refractivity contribution in [3.63, 3.8) is 0 Å². The van der Waals surface area contributed by atoms with Crippen LogP contribution in [0.5, 0.6) is 0 Å². The highest BCUT2D eigenvalue weighted by Crippen LogP contribution is 2.25. The summed E-state index contributed by atoms with van der Waals surface area (Å²) < 4.78 is 23.6.